The van der Waals surface area contributed by atoms with E-state index in [1.54, 1.807) is 24.3 Å². The van der Waals surface area contributed by atoms with Crippen molar-refractivity contribution in [2.75, 3.05) is 0 Å². The van der Waals surface area contributed by atoms with Gasteiger partial charge < -0.3 is 9.63 Å². The van der Waals surface area contributed by atoms with Crippen LogP contribution >= 0.6 is 11.6 Å². The van der Waals surface area contributed by atoms with Crippen LogP contribution in [0.3, 0.4) is 0 Å². The van der Waals surface area contributed by atoms with Crippen LogP contribution in [-0.4, -0.2) is 15.2 Å². The first-order valence-corrected chi connectivity index (χ1v) is 4.37. The minimum absolute atomic E-state index is 0.232. The molecule has 0 unspecified atom stereocenters. The lowest BCUT2D eigenvalue weighted by atomic mass is 10.2. The summed E-state index contributed by atoms with van der Waals surface area (Å²) in [6, 6.07) is 7.08. The van der Waals surface area contributed by atoms with Crippen molar-refractivity contribution in [3.63, 3.8) is 0 Å². The Morgan fingerprint density at radius 2 is 2.29 bits per heavy atom. The summed E-state index contributed by atoms with van der Waals surface area (Å²) in [4.78, 5) is 3.95. The molecule has 0 aliphatic carbocycles. The fraction of sp³-hybridized carbons (Fsp3) is 0.111. The van der Waals surface area contributed by atoms with Crippen LogP contribution in [0.25, 0.3) is 11.5 Å². The van der Waals surface area contributed by atoms with E-state index in [0.29, 0.717) is 10.9 Å². The van der Waals surface area contributed by atoms with Crippen LogP contribution in [0.15, 0.2) is 28.8 Å². The molecule has 4 nitrogen and oxygen atoms in total. The number of hydrogen-bond acceptors (Lipinski definition) is 4. The monoisotopic (exact) mass is 210 g/mol. The fourth-order valence-electron chi connectivity index (χ4n) is 1.06. The van der Waals surface area contributed by atoms with Gasteiger partial charge in [0.05, 0.1) is 0 Å². The molecule has 1 aromatic carbocycles. The minimum atomic E-state index is -0.232. The molecular formula is C9H7ClN2O2. The zero-order valence-corrected chi connectivity index (χ0v) is 7.90. The topological polar surface area (TPSA) is 59.2 Å². The van der Waals surface area contributed by atoms with E-state index in [2.05, 4.69) is 10.1 Å². The van der Waals surface area contributed by atoms with E-state index in [4.69, 9.17) is 21.2 Å². The first-order chi connectivity index (χ1) is 6.79. The highest BCUT2D eigenvalue weighted by Gasteiger charge is 2.07. The van der Waals surface area contributed by atoms with E-state index in [1.165, 1.54) is 0 Å². The maximum atomic E-state index is 8.74. The van der Waals surface area contributed by atoms with Crippen LogP contribution in [-0.2, 0) is 6.61 Å². The number of aromatic nitrogens is 2. The molecule has 0 fully saturated rings. The van der Waals surface area contributed by atoms with Gasteiger partial charge >= 0.3 is 0 Å². The largest absolute Gasteiger partial charge is 0.388 e. The van der Waals surface area contributed by atoms with Crippen LogP contribution in [0.4, 0.5) is 0 Å². The maximum Gasteiger partial charge on any atom is 0.258 e. The van der Waals surface area contributed by atoms with Crippen molar-refractivity contribution in [3.8, 4) is 11.5 Å². The Morgan fingerprint density at radius 1 is 1.43 bits per heavy atom. The van der Waals surface area contributed by atoms with E-state index in [9.17, 15) is 0 Å². The van der Waals surface area contributed by atoms with Gasteiger partial charge in [0.1, 0.15) is 6.61 Å². The Bertz CT molecular complexity index is 442. The highest BCUT2D eigenvalue weighted by molar-refractivity contribution is 6.30. The zero-order valence-electron chi connectivity index (χ0n) is 7.14. The molecule has 0 radical (unpaired) electrons. The number of rotatable bonds is 2. The van der Waals surface area contributed by atoms with Crippen LogP contribution < -0.4 is 0 Å². The van der Waals surface area contributed by atoms with Gasteiger partial charge in [-0.3, -0.25) is 0 Å². The van der Waals surface area contributed by atoms with Gasteiger partial charge in [0.15, 0.2) is 5.82 Å². The van der Waals surface area contributed by atoms with Crippen molar-refractivity contribution in [3.05, 3.63) is 35.1 Å². The summed E-state index contributed by atoms with van der Waals surface area (Å²) in [6.07, 6.45) is 0. The van der Waals surface area contributed by atoms with Crippen molar-refractivity contribution in [1.82, 2.24) is 10.1 Å². The quantitative estimate of drug-likeness (QED) is 0.822. The van der Waals surface area contributed by atoms with Gasteiger partial charge in [0, 0.05) is 10.6 Å². The van der Waals surface area contributed by atoms with Crippen LogP contribution in [0.5, 0.6) is 0 Å². The number of benzene rings is 1. The summed E-state index contributed by atoms with van der Waals surface area (Å²) in [5, 5.41) is 12.9. The Hall–Kier alpha value is -1.39. The summed E-state index contributed by atoms with van der Waals surface area (Å²) < 4.78 is 4.92. The van der Waals surface area contributed by atoms with E-state index in [0.717, 1.165) is 5.56 Å². The number of halogens is 1. The van der Waals surface area contributed by atoms with Gasteiger partial charge in [-0.15, -0.1) is 0 Å². The third kappa shape index (κ3) is 1.76. The highest BCUT2D eigenvalue weighted by atomic mass is 35.5. The molecule has 72 valence electrons. The smallest absolute Gasteiger partial charge is 0.258 e. The van der Waals surface area contributed by atoms with Crippen molar-refractivity contribution >= 4 is 11.6 Å². The van der Waals surface area contributed by atoms with Crippen LogP contribution in [0.1, 0.15) is 5.82 Å². The molecule has 1 N–H and O–H groups in total. The molecule has 2 aromatic rings. The normalized spacial score (nSPS) is 10.4. The molecule has 0 bridgehead atoms. The van der Waals surface area contributed by atoms with Gasteiger partial charge in [-0.05, 0) is 18.2 Å². The first kappa shape index (κ1) is 9.18. The molecule has 0 aliphatic rings. The predicted molar refractivity (Wildman–Crippen MR) is 50.7 cm³/mol. The Balaban J connectivity index is 2.39. The minimum Gasteiger partial charge on any atom is -0.388 e. The van der Waals surface area contributed by atoms with Gasteiger partial charge in [0.25, 0.3) is 5.89 Å². The van der Waals surface area contributed by atoms with Gasteiger partial charge in [-0.2, -0.15) is 4.98 Å². The summed E-state index contributed by atoms with van der Waals surface area (Å²) in [5.74, 6) is 0.622. The molecule has 0 saturated heterocycles. The van der Waals surface area contributed by atoms with Crippen molar-refractivity contribution < 1.29 is 9.63 Å². The Kier molecular flexibility index (Phi) is 2.47. The summed E-state index contributed by atoms with van der Waals surface area (Å²) in [6.45, 7) is -0.232. The molecule has 0 aliphatic heterocycles. The lowest BCUT2D eigenvalue weighted by Crippen LogP contribution is -1.84. The molecular weight excluding hydrogens is 204 g/mol. The van der Waals surface area contributed by atoms with Gasteiger partial charge in [-0.25, -0.2) is 0 Å². The van der Waals surface area contributed by atoms with Crippen LogP contribution in [0, 0.1) is 0 Å². The maximum absolute atomic E-state index is 8.74. The second kappa shape index (κ2) is 3.77. The molecule has 0 amide bonds. The summed E-state index contributed by atoms with van der Waals surface area (Å²) >= 11 is 5.80. The van der Waals surface area contributed by atoms with Crippen molar-refractivity contribution in [2.45, 2.75) is 6.61 Å². The first-order valence-electron chi connectivity index (χ1n) is 3.99. The van der Waals surface area contributed by atoms with E-state index < -0.39 is 0 Å². The SMILES string of the molecule is OCc1noc(-c2cccc(Cl)c2)n1. The summed E-state index contributed by atoms with van der Waals surface area (Å²) in [5.41, 5.74) is 0.740. The zero-order chi connectivity index (χ0) is 9.97. The molecule has 0 spiro atoms. The van der Waals surface area contributed by atoms with Gasteiger partial charge in [-0.1, -0.05) is 22.8 Å². The third-order valence-electron chi connectivity index (χ3n) is 1.68. The molecule has 5 heteroatoms. The van der Waals surface area contributed by atoms with E-state index in [1.807, 2.05) is 0 Å². The van der Waals surface area contributed by atoms with Gasteiger partial charge in [0.2, 0.25) is 0 Å². The lowest BCUT2D eigenvalue weighted by molar-refractivity contribution is 0.264. The Labute approximate surface area is 85.1 Å². The molecule has 1 aromatic heterocycles. The van der Waals surface area contributed by atoms with Crippen LogP contribution in [0.2, 0.25) is 5.02 Å². The molecule has 1 heterocycles. The number of aliphatic hydroxyl groups is 1. The number of nitrogens with zero attached hydrogens (tertiary/aromatic N) is 2. The standard InChI is InChI=1S/C9H7ClN2O2/c10-7-3-1-2-6(4-7)9-11-8(5-13)12-14-9/h1-4,13H,5H2. The molecule has 0 saturated carbocycles. The molecule has 0 atom stereocenters. The average molecular weight is 211 g/mol. The van der Waals surface area contributed by atoms with E-state index in [-0.39, 0.29) is 12.4 Å². The highest BCUT2D eigenvalue weighted by Crippen LogP contribution is 2.20. The number of hydrogen-bond donors (Lipinski definition) is 1. The predicted octanol–water partition coefficient (Wildman–Crippen LogP) is 1.88. The Morgan fingerprint density at radius 3 is 2.93 bits per heavy atom. The second-order valence-corrected chi connectivity index (χ2v) is 3.12. The molecule has 2 rings (SSSR count). The van der Waals surface area contributed by atoms with Crippen molar-refractivity contribution in [2.24, 2.45) is 0 Å². The lowest BCUT2D eigenvalue weighted by Gasteiger charge is -1.93. The third-order valence-corrected chi connectivity index (χ3v) is 1.92. The fourth-order valence-corrected chi connectivity index (χ4v) is 1.25. The second-order valence-electron chi connectivity index (χ2n) is 2.68. The molecule has 14 heavy (non-hydrogen) atoms. The average Bonchev–Trinajstić information content (AvgIpc) is 2.66. The number of aliphatic hydroxyl groups excluding tert-OH is 1. The van der Waals surface area contributed by atoms with Crippen molar-refractivity contribution in [1.29, 1.82) is 0 Å². The van der Waals surface area contributed by atoms with E-state index >= 15 is 0 Å². The summed E-state index contributed by atoms with van der Waals surface area (Å²) in [7, 11) is 0.